The minimum absolute atomic E-state index is 0.0218. The minimum Gasteiger partial charge on any atom is -0.326 e. The lowest BCUT2D eigenvalue weighted by Crippen LogP contribution is -2.28. The van der Waals surface area contributed by atoms with Gasteiger partial charge in [-0.25, -0.2) is 4.98 Å². The number of hydrogen-bond acceptors (Lipinski definition) is 3. The molecule has 1 saturated heterocycles. The fraction of sp³-hybridized carbons (Fsp3) is 0.192. The summed E-state index contributed by atoms with van der Waals surface area (Å²) in [5.41, 5.74) is 6.61. The Kier molecular flexibility index (Phi) is 4.98. The third-order valence-electron chi connectivity index (χ3n) is 5.91. The van der Waals surface area contributed by atoms with Gasteiger partial charge in [-0.2, -0.15) is 0 Å². The summed E-state index contributed by atoms with van der Waals surface area (Å²) in [6.45, 7) is 4.45. The van der Waals surface area contributed by atoms with Crippen molar-refractivity contribution in [2.75, 3.05) is 16.8 Å². The number of rotatable bonds is 4. The molecule has 0 radical (unpaired) electrons. The summed E-state index contributed by atoms with van der Waals surface area (Å²) >= 11 is 0. The molecule has 3 heterocycles. The minimum atomic E-state index is -0.370. The molecule has 4 aromatic rings. The second-order valence-corrected chi connectivity index (χ2v) is 8.40. The van der Waals surface area contributed by atoms with E-state index in [4.69, 9.17) is 0 Å². The number of carbonyl (C=O) groups excluding carboxylic acids is 2. The van der Waals surface area contributed by atoms with Crippen LogP contribution < -0.4 is 10.2 Å². The van der Waals surface area contributed by atoms with E-state index in [1.165, 1.54) is 5.56 Å². The van der Waals surface area contributed by atoms with Gasteiger partial charge in [0.2, 0.25) is 11.8 Å². The summed E-state index contributed by atoms with van der Waals surface area (Å²) in [7, 11) is 0. The number of anilines is 2. The monoisotopic (exact) mass is 424 g/mol. The first-order chi connectivity index (χ1) is 15.5. The van der Waals surface area contributed by atoms with E-state index in [9.17, 15) is 9.59 Å². The SMILES string of the molecule is Cc1ccc(N2C[C@@H](C(=O)Nc3ccc(-c4cn5ccc(C)cc5n4)cc3)CC2=O)cc1. The van der Waals surface area contributed by atoms with Gasteiger partial charge in [0, 0.05) is 42.3 Å². The van der Waals surface area contributed by atoms with E-state index in [1.54, 1.807) is 4.90 Å². The van der Waals surface area contributed by atoms with Crippen LogP contribution >= 0.6 is 0 Å². The van der Waals surface area contributed by atoms with Crippen LogP contribution in [-0.4, -0.2) is 27.7 Å². The molecule has 1 aliphatic rings. The Bertz CT molecular complexity index is 1310. The smallest absolute Gasteiger partial charge is 0.229 e. The van der Waals surface area contributed by atoms with E-state index < -0.39 is 0 Å². The topological polar surface area (TPSA) is 66.7 Å². The van der Waals surface area contributed by atoms with Crippen molar-refractivity contribution in [3.05, 3.63) is 84.2 Å². The maximum atomic E-state index is 12.8. The van der Waals surface area contributed by atoms with Crippen molar-refractivity contribution >= 4 is 28.8 Å². The Morgan fingerprint density at radius 1 is 1.00 bits per heavy atom. The van der Waals surface area contributed by atoms with E-state index in [1.807, 2.05) is 91.3 Å². The molecule has 160 valence electrons. The van der Waals surface area contributed by atoms with Crippen LogP contribution in [0.4, 0.5) is 11.4 Å². The summed E-state index contributed by atoms with van der Waals surface area (Å²) < 4.78 is 1.99. The molecule has 6 heteroatoms. The highest BCUT2D eigenvalue weighted by Gasteiger charge is 2.35. The largest absolute Gasteiger partial charge is 0.326 e. The van der Waals surface area contributed by atoms with Crippen LogP contribution in [0.25, 0.3) is 16.9 Å². The van der Waals surface area contributed by atoms with Gasteiger partial charge in [-0.15, -0.1) is 0 Å². The molecule has 2 amide bonds. The lowest BCUT2D eigenvalue weighted by atomic mass is 10.1. The molecule has 1 atom stereocenters. The number of imidazole rings is 1. The van der Waals surface area contributed by atoms with Gasteiger partial charge in [0.05, 0.1) is 11.6 Å². The number of aryl methyl sites for hydroxylation is 2. The first-order valence-corrected chi connectivity index (χ1v) is 10.7. The van der Waals surface area contributed by atoms with Gasteiger partial charge in [-0.3, -0.25) is 9.59 Å². The standard InChI is InChI=1S/C26H24N4O2/c1-17-3-9-22(10-4-17)30-15-20(14-25(30)31)26(32)27-21-7-5-19(6-8-21)23-16-29-12-11-18(2)13-24(29)28-23/h3-13,16,20H,14-15H2,1-2H3,(H,27,32)/t20-/m0/s1. The molecule has 5 rings (SSSR count). The molecule has 0 bridgehead atoms. The van der Waals surface area contributed by atoms with Crippen molar-refractivity contribution in [1.29, 1.82) is 0 Å². The summed E-state index contributed by atoms with van der Waals surface area (Å²) in [5, 5.41) is 2.95. The van der Waals surface area contributed by atoms with Crippen LogP contribution in [-0.2, 0) is 9.59 Å². The molecule has 0 unspecified atom stereocenters. The number of amides is 2. The third-order valence-corrected chi connectivity index (χ3v) is 5.91. The Hall–Kier alpha value is -3.93. The first kappa shape index (κ1) is 20.0. The van der Waals surface area contributed by atoms with Crippen molar-refractivity contribution in [2.24, 2.45) is 5.92 Å². The predicted octanol–water partition coefficient (Wildman–Crippen LogP) is 4.61. The van der Waals surface area contributed by atoms with E-state index in [0.717, 1.165) is 28.2 Å². The Labute approximate surface area is 186 Å². The zero-order valence-electron chi connectivity index (χ0n) is 18.1. The molecule has 0 spiro atoms. The van der Waals surface area contributed by atoms with Crippen LogP contribution in [0.2, 0.25) is 0 Å². The van der Waals surface area contributed by atoms with E-state index in [2.05, 4.69) is 10.3 Å². The molecule has 1 fully saturated rings. The van der Waals surface area contributed by atoms with E-state index in [-0.39, 0.29) is 24.2 Å². The highest BCUT2D eigenvalue weighted by Crippen LogP contribution is 2.27. The molecule has 32 heavy (non-hydrogen) atoms. The summed E-state index contributed by atoms with van der Waals surface area (Å²) in [4.78, 5) is 31.6. The van der Waals surface area contributed by atoms with Crippen LogP contribution in [0.3, 0.4) is 0 Å². The van der Waals surface area contributed by atoms with Crippen molar-refractivity contribution in [1.82, 2.24) is 9.38 Å². The third kappa shape index (κ3) is 3.87. The van der Waals surface area contributed by atoms with Gasteiger partial charge in [0.15, 0.2) is 0 Å². The zero-order chi connectivity index (χ0) is 22.2. The normalized spacial score (nSPS) is 16.0. The molecular formula is C26H24N4O2. The Morgan fingerprint density at radius 3 is 2.50 bits per heavy atom. The number of pyridine rings is 1. The van der Waals surface area contributed by atoms with Crippen molar-refractivity contribution in [3.63, 3.8) is 0 Å². The number of fused-ring (bicyclic) bond motifs is 1. The second-order valence-electron chi connectivity index (χ2n) is 8.40. The summed E-state index contributed by atoms with van der Waals surface area (Å²) in [6, 6.07) is 19.5. The molecule has 1 N–H and O–H groups in total. The fourth-order valence-corrected chi connectivity index (χ4v) is 4.05. The van der Waals surface area contributed by atoms with Crippen molar-refractivity contribution in [3.8, 4) is 11.3 Å². The average molecular weight is 425 g/mol. The average Bonchev–Trinajstić information content (AvgIpc) is 3.38. The van der Waals surface area contributed by atoms with Gasteiger partial charge in [0.25, 0.3) is 0 Å². The molecule has 1 aliphatic heterocycles. The number of benzene rings is 2. The van der Waals surface area contributed by atoms with Crippen LogP contribution in [0.1, 0.15) is 17.5 Å². The molecule has 6 nitrogen and oxygen atoms in total. The Morgan fingerprint density at radius 2 is 1.75 bits per heavy atom. The number of aromatic nitrogens is 2. The highest BCUT2D eigenvalue weighted by molar-refractivity contribution is 6.03. The summed E-state index contributed by atoms with van der Waals surface area (Å²) in [6.07, 6.45) is 4.21. The van der Waals surface area contributed by atoms with Gasteiger partial charge < -0.3 is 14.6 Å². The zero-order valence-corrected chi connectivity index (χ0v) is 18.1. The van der Waals surface area contributed by atoms with Crippen LogP contribution in [0, 0.1) is 19.8 Å². The number of carbonyl (C=O) groups is 2. The lowest BCUT2D eigenvalue weighted by molar-refractivity contribution is -0.122. The van der Waals surface area contributed by atoms with Crippen LogP contribution in [0.5, 0.6) is 0 Å². The van der Waals surface area contributed by atoms with Gasteiger partial charge >= 0.3 is 0 Å². The van der Waals surface area contributed by atoms with E-state index in [0.29, 0.717) is 12.2 Å². The molecule has 2 aromatic heterocycles. The first-order valence-electron chi connectivity index (χ1n) is 10.7. The van der Waals surface area contributed by atoms with Gasteiger partial charge in [-0.05, 0) is 55.8 Å². The van der Waals surface area contributed by atoms with Crippen molar-refractivity contribution < 1.29 is 9.59 Å². The summed E-state index contributed by atoms with van der Waals surface area (Å²) in [5.74, 6) is -0.527. The maximum Gasteiger partial charge on any atom is 0.229 e. The molecule has 2 aromatic carbocycles. The van der Waals surface area contributed by atoms with Crippen molar-refractivity contribution in [2.45, 2.75) is 20.3 Å². The second kappa shape index (κ2) is 7.96. The number of nitrogens with zero attached hydrogens (tertiary/aromatic N) is 3. The van der Waals surface area contributed by atoms with Gasteiger partial charge in [-0.1, -0.05) is 29.8 Å². The quantitative estimate of drug-likeness (QED) is 0.520. The maximum absolute atomic E-state index is 12.8. The predicted molar refractivity (Wildman–Crippen MR) is 126 cm³/mol. The molecule has 0 aliphatic carbocycles. The number of nitrogens with one attached hydrogen (secondary N) is 1. The fourth-order valence-electron chi connectivity index (χ4n) is 4.05. The van der Waals surface area contributed by atoms with Gasteiger partial charge in [0.1, 0.15) is 5.65 Å². The molecule has 0 saturated carbocycles. The Balaban J connectivity index is 1.26. The van der Waals surface area contributed by atoms with Crippen LogP contribution in [0.15, 0.2) is 73.1 Å². The lowest BCUT2D eigenvalue weighted by Gasteiger charge is -2.17. The number of hydrogen-bond donors (Lipinski definition) is 1. The highest BCUT2D eigenvalue weighted by atomic mass is 16.2. The molecular weight excluding hydrogens is 400 g/mol. The van der Waals surface area contributed by atoms with E-state index >= 15 is 0 Å².